The molecule has 0 atom stereocenters. The average Bonchev–Trinajstić information content (AvgIpc) is 2.26. The molecule has 0 aliphatic carbocycles. The number of sulfonamides is 1. The molecule has 0 aliphatic heterocycles. The van der Waals surface area contributed by atoms with E-state index in [0.717, 1.165) is 16.4 Å². The number of nitro groups is 1. The largest absolute Gasteiger partial charge is 0.389 e. The Morgan fingerprint density at radius 1 is 1.32 bits per heavy atom. The monoisotopic (exact) mass is 288 g/mol. The molecule has 0 fully saturated rings. The second kappa shape index (κ2) is 5.24. The minimum absolute atomic E-state index is 0.0511. The predicted molar refractivity (Wildman–Crippen MR) is 69.2 cm³/mol. The molecule has 0 unspecified atom stereocenters. The highest BCUT2D eigenvalue weighted by Gasteiger charge is 2.26. The first-order valence-corrected chi connectivity index (χ1v) is 6.91. The van der Waals surface area contributed by atoms with E-state index in [1.54, 1.807) is 0 Å². The van der Waals surface area contributed by atoms with Crippen molar-refractivity contribution in [1.82, 2.24) is 4.31 Å². The lowest BCUT2D eigenvalue weighted by Gasteiger charge is -2.24. The topological polar surface area (TPSA) is 101 Å². The van der Waals surface area contributed by atoms with Crippen molar-refractivity contribution in [2.24, 2.45) is 0 Å². The van der Waals surface area contributed by atoms with Crippen LogP contribution in [-0.4, -0.2) is 41.9 Å². The van der Waals surface area contributed by atoms with E-state index in [-0.39, 0.29) is 17.1 Å². The second-order valence-electron chi connectivity index (χ2n) is 4.82. The lowest BCUT2D eigenvalue weighted by molar-refractivity contribution is -0.384. The quantitative estimate of drug-likeness (QED) is 0.643. The molecule has 0 saturated carbocycles. The van der Waals surface area contributed by atoms with E-state index in [0.29, 0.717) is 0 Å². The number of benzene rings is 1. The van der Waals surface area contributed by atoms with E-state index in [1.807, 2.05) is 0 Å². The summed E-state index contributed by atoms with van der Waals surface area (Å²) in [5.41, 5.74) is -1.34. The van der Waals surface area contributed by atoms with Gasteiger partial charge in [-0.3, -0.25) is 10.1 Å². The van der Waals surface area contributed by atoms with Gasteiger partial charge in [-0.15, -0.1) is 0 Å². The minimum atomic E-state index is -3.76. The van der Waals surface area contributed by atoms with Crippen molar-refractivity contribution >= 4 is 15.7 Å². The van der Waals surface area contributed by atoms with Crippen LogP contribution in [0.25, 0.3) is 0 Å². The summed E-state index contributed by atoms with van der Waals surface area (Å²) in [4.78, 5) is 9.84. The number of rotatable bonds is 5. The summed E-state index contributed by atoms with van der Waals surface area (Å²) < 4.78 is 25.3. The summed E-state index contributed by atoms with van der Waals surface area (Å²) in [7, 11) is -2.42. The maximum absolute atomic E-state index is 12.1. The molecule has 106 valence electrons. The van der Waals surface area contributed by atoms with Crippen LogP contribution >= 0.6 is 0 Å². The van der Waals surface area contributed by atoms with Crippen LogP contribution < -0.4 is 0 Å². The number of hydrogen-bond acceptors (Lipinski definition) is 5. The van der Waals surface area contributed by atoms with Crippen molar-refractivity contribution in [3.63, 3.8) is 0 Å². The number of nitrogens with zero attached hydrogens (tertiary/aromatic N) is 2. The molecule has 0 amide bonds. The van der Waals surface area contributed by atoms with Crippen LogP contribution in [-0.2, 0) is 10.0 Å². The van der Waals surface area contributed by atoms with Gasteiger partial charge in [-0.2, -0.15) is 4.31 Å². The highest BCUT2D eigenvalue weighted by molar-refractivity contribution is 7.89. The molecule has 0 aromatic heterocycles. The van der Waals surface area contributed by atoms with Gasteiger partial charge in [0.1, 0.15) is 0 Å². The van der Waals surface area contributed by atoms with Crippen LogP contribution in [0.4, 0.5) is 5.69 Å². The maximum atomic E-state index is 12.1. The minimum Gasteiger partial charge on any atom is -0.389 e. The van der Waals surface area contributed by atoms with Crippen molar-refractivity contribution in [2.45, 2.75) is 24.3 Å². The summed E-state index contributed by atoms with van der Waals surface area (Å²) in [5, 5.41) is 20.1. The summed E-state index contributed by atoms with van der Waals surface area (Å²) >= 11 is 0. The lowest BCUT2D eigenvalue weighted by Crippen LogP contribution is -2.39. The molecule has 0 saturated heterocycles. The number of hydrogen-bond donors (Lipinski definition) is 1. The first kappa shape index (κ1) is 15.5. The molecule has 1 rings (SSSR count). The lowest BCUT2D eigenvalue weighted by atomic mass is 10.1. The van der Waals surface area contributed by atoms with Crippen LogP contribution in [0.3, 0.4) is 0 Å². The van der Waals surface area contributed by atoms with Crippen molar-refractivity contribution in [3.05, 3.63) is 34.4 Å². The van der Waals surface area contributed by atoms with E-state index >= 15 is 0 Å². The van der Waals surface area contributed by atoms with Crippen molar-refractivity contribution in [3.8, 4) is 0 Å². The molecule has 1 aromatic carbocycles. The summed E-state index contributed by atoms with van der Waals surface area (Å²) in [6, 6.07) is 4.61. The summed E-state index contributed by atoms with van der Waals surface area (Å²) in [6.45, 7) is 2.91. The van der Waals surface area contributed by atoms with Gasteiger partial charge in [0, 0.05) is 25.7 Å². The SMILES string of the molecule is CN(CC(C)(C)O)S(=O)(=O)c1ccc([N+](=O)[O-])cc1. The third kappa shape index (κ3) is 3.98. The highest BCUT2D eigenvalue weighted by atomic mass is 32.2. The molecular formula is C11H16N2O5S. The normalized spacial score (nSPS) is 12.7. The molecule has 0 heterocycles. The fraction of sp³-hybridized carbons (Fsp3) is 0.455. The Bertz CT molecular complexity index is 560. The van der Waals surface area contributed by atoms with E-state index in [1.165, 1.54) is 33.0 Å². The fourth-order valence-corrected chi connectivity index (χ4v) is 2.88. The predicted octanol–water partition coefficient (Wildman–Crippen LogP) is 0.986. The van der Waals surface area contributed by atoms with Gasteiger partial charge in [0.25, 0.3) is 5.69 Å². The first-order valence-electron chi connectivity index (χ1n) is 5.47. The van der Waals surface area contributed by atoms with Crippen molar-refractivity contribution in [2.75, 3.05) is 13.6 Å². The maximum Gasteiger partial charge on any atom is 0.269 e. The Kier molecular flexibility index (Phi) is 4.28. The van der Waals surface area contributed by atoms with Crippen molar-refractivity contribution < 1.29 is 18.4 Å². The standard InChI is InChI=1S/C11H16N2O5S/c1-11(2,14)8-12(3)19(17,18)10-6-4-9(5-7-10)13(15)16/h4-7,14H,8H2,1-3H3. The van der Waals surface area contributed by atoms with Gasteiger partial charge in [0.15, 0.2) is 0 Å². The van der Waals surface area contributed by atoms with Gasteiger partial charge in [0.05, 0.1) is 15.4 Å². The average molecular weight is 288 g/mol. The number of non-ortho nitro benzene ring substituents is 1. The zero-order chi connectivity index (χ0) is 14.8. The molecule has 0 bridgehead atoms. The molecule has 8 heteroatoms. The molecule has 1 aromatic rings. The van der Waals surface area contributed by atoms with Gasteiger partial charge >= 0.3 is 0 Å². The van der Waals surface area contributed by atoms with Crippen LogP contribution in [0.1, 0.15) is 13.8 Å². The van der Waals surface area contributed by atoms with Gasteiger partial charge in [-0.05, 0) is 26.0 Å². The smallest absolute Gasteiger partial charge is 0.269 e. The molecule has 0 aliphatic rings. The van der Waals surface area contributed by atoms with Crippen molar-refractivity contribution in [1.29, 1.82) is 0 Å². The highest BCUT2D eigenvalue weighted by Crippen LogP contribution is 2.19. The number of likely N-dealkylation sites (N-methyl/N-ethyl adjacent to an activating group) is 1. The zero-order valence-electron chi connectivity index (χ0n) is 10.9. The zero-order valence-corrected chi connectivity index (χ0v) is 11.7. The molecule has 0 spiro atoms. The number of nitro benzene ring substituents is 1. The molecule has 0 radical (unpaired) electrons. The Hall–Kier alpha value is -1.51. The van der Waals surface area contributed by atoms with Gasteiger partial charge < -0.3 is 5.11 Å². The van der Waals surface area contributed by atoms with Gasteiger partial charge in [-0.25, -0.2) is 8.42 Å². The molecule has 1 N–H and O–H groups in total. The Morgan fingerprint density at radius 2 is 1.79 bits per heavy atom. The second-order valence-corrected chi connectivity index (χ2v) is 6.87. The van der Waals surface area contributed by atoms with Gasteiger partial charge in [-0.1, -0.05) is 0 Å². The van der Waals surface area contributed by atoms with E-state index in [2.05, 4.69) is 0 Å². The Balaban J connectivity index is 3.03. The first-order chi connectivity index (χ1) is 8.54. The fourth-order valence-electron chi connectivity index (χ4n) is 1.55. The van der Waals surface area contributed by atoms with E-state index in [9.17, 15) is 23.6 Å². The van der Waals surface area contributed by atoms with Crippen LogP contribution in [0.5, 0.6) is 0 Å². The summed E-state index contributed by atoms with van der Waals surface area (Å²) in [5.74, 6) is 0. The van der Waals surface area contributed by atoms with Gasteiger partial charge in [0.2, 0.25) is 10.0 Å². The van der Waals surface area contributed by atoms with E-state index < -0.39 is 20.5 Å². The van der Waals surface area contributed by atoms with Crippen LogP contribution in [0.2, 0.25) is 0 Å². The molecular weight excluding hydrogens is 272 g/mol. The third-order valence-electron chi connectivity index (χ3n) is 2.37. The van der Waals surface area contributed by atoms with Crippen LogP contribution in [0, 0.1) is 10.1 Å². The Morgan fingerprint density at radius 3 is 2.16 bits per heavy atom. The van der Waals surface area contributed by atoms with E-state index in [4.69, 9.17) is 0 Å². The molecule has 19 heavy (non-hydrogen) atoms. The molecule has 7 nitrogen and oxygen atoms in total. The number of aliphatic hydroxyl groups is 1. The third-order valence-corrected chi connectivity index (χ3v) is 4.18. The van der Waals surface area contributed by atoms with Crippen LogP contribution in [0.15, 0.2) is 29.2 Å². The summed E-state index contributed by atoms with van der Waals surface area (Å²) in [6.07, 6.45) is 0. The Labute approximate surface area is 111 Å².